The van der Waals surface area contributed by atoms with Gasteiger partial charge in [0.25, 0.3) is 17.5 Å². The normalized spacial score (nSPS) is 18.6. The molecule has 1 aromatic rings. The molecule has 28 heavy (non-hydrogen) atoms. The maximum atomic E-state index is 12.2. The Morgan fingerprint density at radius 1 is 1.36 bits per heavy atom. The van der Waals surface area contributed by atoms with E-state index in [2.05, 4.69) is 10.6 Å². The Bertz CT molecular complexity index is 854. The Kier molecular flexibility index (Phi) is 5.96. The smallest absolute Gasteiger partial charge is 0.326 e. The fourth-order valence-corrected chi connectivity index (χ4v) is 2.54. The third kappa shape index (κ3) is 4.42. The van der Waals surface area contributed by atoms with Crippen molar-refractivity contribution in [1.82, 2.24) is 10.2 Å². The third-order valence-electron chi connectivity index (χ3n) is 4.33. The number of carbonyl (C=O) groups excluding carboxylic acids is 4. The van der Waals surface area contributed by atoms with Crippen molar-refractivity contribution >= 4 is 35.2 Å². The van der Waals surface area contributed by atoms with Gasteiger partial charge in [0.05, 0.1) is 4.92 Å². The number of imide groups is 1. The number of aryl methyl sites for hydroxylation is 1. The van der Waals surface area contributed by atoms with Gasteiger partial charge in [0.15, 0.2) is 6.61 Å². The van der Waals surface area contributed by atoms with Crippen molar-refractivity contribution in [2.24, 2.45) is 0 Å². The Hall–Kier alpha value is -3.50. The molecule has 0 aliphatic carbocycles. The van der Waals surface area contributed by atoms with Crippen molar-refractivity contribution in [1.29, 1.82) is 0 Å². The third-order valence-corrected chi connectivity index (χ3v) is 4.33. The fourth-order valence-electron chi connectivity index (χ4n) is 2.54. The molecule has 0 bridgehead atoms. The molecule has 0 radical (unpaired) electrons. The SMILES string of the molecule is CCC1(C)NC(=O)N(CC(=O)OCC(=O)Nc2ccc(C)cc2[N+](=O)[O-])C1=O. The number of nitrogens with one attached hydrogen (secondary N) is 2. The van der Waals surface area contributed by atoms with Crippen LogP contribution >= 0.6 is 0 Å². The number of anilines is 1. The first kappa shape index (κ1) is 20.8. The summed E-state index contributed by atoms with van der Waals surface area (Å²) in [5.74, 6) is -2.31. The highest BCUT2D eigenvalue weighted by molar-refractivity contribution is 6.08. The van der Waals surface area contributed by atoms with Crippen molar-refractivity contribution in [2.45, 2.75) is 32.7 Å². The monoisotopic (exact) mass is 392 g/mol. The highest BCUT2D eigenvalue weighted by Crippen LogP contribution is 2.25. The number of nitro benzene ring substituents is 1. The maximum Gasteiger partial charge on any atom is 0.326 e. The van der Waals surface area contributed by atoms with Crippen LogP contribution in [0.15, 0.2) is 18.2 Å². The van der Waals surface area contributed by atoms with Crippen LogP contribution in [0, 0.1) is 17.0 Å². The van der Waals surface area contributed by atoms with Gasteiger partial charge in [0.1, 0.15) is 17.8 Å². The second-order valence-corrected chi connectivity index (χ2v) is 6.49. The number of carbonyl (C=O) groups is 4. The topological polar surface area (TPSA) is 148 Å². The van der Waals surface area contributed by atoms with Crippen LogP contribution in [0.3, 0.4) is 0 Å². The summed E-state index contributed by atoms with van der Waals surface area (Å²) in [5.41, 5.74) is -0.773. The first-order valence-electron chi connectivity index (χ1n) is 8.42. The van der Waals surface area contributed by atoms with Crippen molar-refractivity contribution in [2.75, 3.05) is 18.5 Å². The summed E-state index contributed by atoms with van der Waals surface area (Å²) < 4.78 is 4.77. The number of ether oxygens (including phenoxy) is 1. The van der Waals surface area contributed by atoms with Crippen LogP contribution < -0.4 is 10.6 Å². The van der Waals surface area contributed by atoms with Gasteiger partial charge in [-0.2, -0.15) is 0 Å². The van der Waals surface area contributed by atoms with E-state index >= 15 is 0 Å². The van der Waals surface area contributed by atoms with Crippen LogP contribution in [0.4, 0.5) is 16.2 Å². The average Bonchev–Trinajstić information content (AvgIpc) is 2.85. The lowest BCUT2D eigenvalue weighted by atomic mass is 9.99. The first-order valence-corrected chi connectivity index (χ1v) is 8.42. The van der Waals surface area contributed by atoms with Gasteiger partial charge >= 0.3 is 12.0 Å². The van der Waals surface area contributed by atoms with Gasteiger partial charge in [-0.3, -0.25) is 29.4 Å². The van der Waals surface area contributed by atoms with Crippen LogP contribution in [0.5, 0.6) is 0 Å². The summed E-state index contributed by atoms with van der Waals surface area (Å²) in [7, 11) is 0. The molecule has 1 aliphatic heterocycles. The van der Waals surface area contributed by atoms with E-state index in [9.17, 15) is 29.3 Å². The molecule has 1 aliphatic rings. The molecule has 11 nitrogen and oxygen atoms in total. The zero-order chi connectivity index (χ0) is 21.1. The zero-order valence-electron chi connectivity index (χ0n) is 15.6. The molecule has 0 saturated carbocycles. The standard InChI is InChI=1S/C17H20N4O7/c1-4-17(3)15(24)20(16(25)19-17)8-14(23)28-9-13(22)18-11-6-5-10(2)7-12(11)21(26)27/h5-7H,4,8-9H2,1-3H3,(H,18,22)(H,19,25). The Morgan fingerprint density at radius 2 is 2.04 bits per heavy atom. The molecule has 2 N–H and O–H groups in total. The van der Waals surface area contributed by atoms with E-state index in [1.165, 1.54) is 12.1 Å². The largest absolute Gasteiger partial charge is 0.454 e. The van der Waals surface area contributed by atoms with Gasteiger partial charge in [0, 0.05) is 6.07 Å². The minimum absolute atomic E-state index is 0.0375. The molecule has 0 spiro atoms. The molecular weight excluding hydrogens is 372 g/mol. The average molecular weight is 392 g/mol. The van der Waals surface area contributed by atoms with Gasteiger partial charge in [-0.15, -0.1) is 0 Å². The lowest BCUT2D eigenvalue weighted by molar-refractivity contribution is -0.384. The summed E-state index contributed by atoms with van der Waals surface area (Å²) >= 11 is 0. The molecule has 1 atom stereocenters. The van der Waals surface area contributed by atoms with Crippen molar-refractivity contribution in [3.8, 4) is 0 Å². The number of benzene rings is 1. The summed E-state index contributed by atoms with van der Waals surface area (Å²) in [4.78, 5) is 59.0. The predicted molar refractivity (Wildman–Crippen MR) is 96.4 cm³/mol. The van der Waals surface area contributed by atoms with Crippen molar-refractivity contribution in [3.05, 3.63) is 33.9 Å². The first-order chi connectivity index (χ1) is 13.1. The quantitative estimate of drug-likeness (QED) is 0.305. The van der Waals surface area contributed by atoms with E-state index in [1.807, 2.05) is 0 Å². The number of rotatable bonds is 7. The summed E-state index contributed by atoms with van der Waals surface area (Å²) in [5, 5.41) is 15.8. The van der Waals surface area contributed by atoms with Gasteiger partial charge in [-0.05, 0) is 31.9 Å². The van der Waals surface area contributed by atoms with Gasteiger partial charge in [-0.25, -0.2) is 4.79 Å². The van der Waals surface area contributed by atoms with E-state index in [0.29, 0.717) is 16.9 Å². The number of amides is 4. The van der Waals surface area contributed by atoms with Crippen LogP contribution in [-0.2, 0) is 19.1 Å². The Morgan fingerprint density at radius 3 is 2.61 bits per heavy atom. The zero-order valence-corrected chi connectivity index (χ0v) is 15.6. The molecule has 1 unspecified atom stereocenters. The number of nitro groups is 1. The van der Waals surface area contributed by atoms with Gasteiger partial charge < -0.3 is 15.4 Å². The van der Waals surface area contributed by atoms with Gasteiger partial charge in [0.2, 0.25) is 0 Å². The minimum Gasteiger partial charge on any atom is -0.454 e. The molecule has 11 heteroatoms. The number of urea groups is 1. The second-order valence-electron chi connectivity index (χ2n) is 6.49. The van der Waals surface area contributed by atoms with Crippen molar-refractivity contribution in [3.63, 3.8) is 0 Å². The lowest BCUT2D eigenvalue weighted by Crippen LogP contribution is -2.43. The molecule has 4 amide bonds. The van der Waals surface area contributed by atoms with E-state index in [-0.39, 0.29) is 11.4 Å². The maximum absolute atomic E-state index is 12.2. The van der Waals surface area contributed by atoms with Crippen LogP contribution in [0.2, 0.25) is 0 Å². The molecule has 2 rings (SSSR count). The van der Waals surface area contributed by atoms with Crippen LogP contribution in [0.1, 0.15) is 25.8 Å². The molecular formula is C17H20N4O7. The number of nitrogens with zero attached hydrogens (tertiary/aromatic N) is 2. The van der Waals surface area contributed by atoms with Crippen LogP contribution in [0.25, 0.3) is 0 Å². The molecule has 1 saturated heterocycles. The summed E-state index contributed by atoms with van der Waals surface area (Å²) in [6.07, 6.45) is 0.348. The minimum atomic E-state index is -1.08. The van der Waals surface area contributed by atoms with Gasteiger partial charge in [-0.1, -0.05) is 13.0 Å². The molecule has 1 aromatic carbocycles. The summed E-state index contributed by atoms with van der Waals surface area (Å²) in [6, 6.07) is 3.53. The predicted octanol–water partition coefficient (Wildman–Crippen LogP) is 1.11. The Labute approximate surface area is 160 Å². The van der Waals surface area contributed by atoms with E-state index < -0.39 is 47.4 Å². The van der Waals surface area contributed by atoms with E-state index in [4.69, 9.17) is 4.74 Å². The Balaban J connectivity index is 1.92. The molecule has 0 aromatic heterocycles. The number of hydrogen-bond acceptors (Lipinski definition) is 7. The highest BCUT2D eigenvalue weighted by atomic mass is 16.6. The molecule has 150 valence electrons. The number of esters is 1. The molecule has 1 fully saturated rings. The molecule has 1 heterocycles. The number of hydrogen-bond donors (Lipinski definition) is 2. The van der Waals surface area contributed by atoms with Crippen LogP contribution in [-0.4, -0.2) is 52.3 Å². The van der Waals surface area contributed by atoms with Crippen molar-refractivity contribution < 1.29 is 28.8 Å². The van der Waals surface area contributed by atoms with E-state index in [1.54, 1.807) is 26.8 Å². The fraction of sp³-hybridized carbons (Fsp3) is 0.412. The highest BCUT2D eigenvalue weighted by Gasteiger charge is 2.47. The lowest BCUT2D eigenvalue weighted by Gasteiger charge is -2.18. The second kappa shape index (κ2) is 8.03. The summed E-state index contributed by atoms with van der Waals surface area (Å²) in [6.45, 7) is 3.56. The van der Waals surface area contributed by atoms with E-state index in [0.717, 1.165) is 0 Å².